The van der Waals surface area contributed by atoms with Crippen LogP contribution in [-0.2, 0) is 126 Å². The molecule has 9 heteroatoms. The van der Waals surface area contributed by atoms with Crippen LogP contribution in [0.3, 0.4) is 0 Å². The van der Waals surface area contributed by atoms with Crippen LogP contribution in [0.4, 0.5) is 13.2 Å². The van der Waals surface area contributed by atoms with E-state index in [9.17, 15) is 13.2 Å². The number of alkyl halides is 3. The van der Waals surface area contributed by atoms with Gasteiger partial charge >= 0.3 is 27.2 Å². The summed E-state index contributed by atoms with van der Waals surface area (Å²) >= 11 is 0. The second kappa shape index (κ2) is 37.0. The van der Waals surface area contributed by atoms with Crippen LogP contribution in [0.25, 0.3) is 0 Å². The fourth-order valence-corrected chi connectivity index (χ4v) is 0.342. The van der Waals surface area contributed by atoms with Crippen LogP contribution in [-0.4, -0.2) is 6.18 Å². The van der Waals surface area contributed by atoms with Crippen molar-refractivity contribution in [1.29, 1.82) is 0 Å². The third-order valence-electron chi connectivity index (χ3n) is 0.607. The van der Waals surface area contributed by atoms with Crippen LogP contribution in [0, 0.1) is 18.4 Å². The first-order valence-electron chi connectivity index (χ1n) is 5.83. The third kappa shape index (κ3) is 175. The van der Waals surface area contributed by atoms with Crippen molar-refractivity contribution in [2.24, 2.45) is 5.41 Å². The van der Waals surface area contributed by atoms with Gasteiger partial charge in [0.2, 0.25) is 0 Å². The summed E-state index contributed by atoms with van der Waals surface area (Å²) in [6, 6.07) is 12.5. The molecular formula is C15H25F3W6. The Morgan fingerprint density at radius 1 is 0.708 bits per heavy atom. The van der Waals surface area contributed by atoms with Crippen LogP contribution in [0.15, 0.2) is 30.3 Å². The molecule has 0 saturated carbocycles. The molecule has 142 valence electrons. The first-order chi connectivity index (χ1) is 8.00. The molecule has 0 nitrogen and oxygen atoms in total. The third-order valence-corrected chi connectivity index (χ3v) is 0.607. The quantitative estimate of drug-likeness (QED) is 0.283. The normalized spacial score (nSPS) is 7.25. The maximum Gasteiger partial charge on any atom is 2.00 e. The van der Waals surface area contributed by atoms with Crippen molar-refractivity contribution in [1.82, 2.24) is 0 Å². The maximum atomic E-state index is 10.4. The van der Waals surface area contributed by atoms with E-state index in [-0.39, 0.29) is 139 Å². The Balaban J connectivity index is -0.0000000171. The zero-order valence-electron chi connectivity index (χ0n) is 14.7. The maximum absolute atomic E-state index is 10.4. The van der Waals surface area contributed by atoms with E-state index in [1.807, 2.05) is 44.2 Å². The van der Waals surface area contributed by atoms with Gasteiger partial charge in [-0.1, -0.05) is 34.6 Å². The molecular weight excluding hydrogens is 1340 g/mol. The molecule has 0 N–H and O–H groups in total. The molecule has 1 rings (SSSR count). The number of hydrogen-bond acceptors (Lipinski definition) is 0. The van der Waals surface area contributed by atoms with Gasteiger partial charge in [-0.05, 0) is 0 Å². The Kier molecular flexibility index (Phi) is 86.8. The van der Waals surface area contributed by atoms with E-state index in [2.05, 4.69) is 33.8 Å². The van der Waals surface area contributed by atoms with E-state index in [4.69, 9.17) is 0 Å². The zero-order chi connectivity index (χ0) is 15.2. The summed E-state index contributed by atoms with van der Waals surface area (Å²) in [6.07, 6.45) is -4.00. The van der Waals surface area contributed by atoms with Gasteiger partial charge in [0.1, 0.15) is 0 Å². The molecule has 1 aromatic rings. The molecule has 1 aromatic carbocycles. The van der Waals surface area contributed by atoms with Gasteiger partial charge in [0, 0.05) is 112 Å². The summed E-state index contributed by atoms with van der Waals surface area (Å²) < 4.78 is 31.1. The van der Waals surface area contributed by atoms with Crippen molar-refractivity contribution in [3.05, 3.63) is 43.3 Å². The standard InChI is InChI=1S/C6H5.C5H11.C2H3F3.C2H6.6W/c1-2-4-6-5-3-1;1-5(2,3)4;1-2(3,4)5;1-2;;;;;;/h1-5H;1H2,2-4H3;1H3;1-2H3;;;;;;/q2*-1;;;;;;;;+2. The van der Waals surface area contributed by atoms with Crippen molar-refractivity contribution in [3.63, 3.8) is 0 Å². The summed E-state index contributed by atoms with van der Waals surface area (Å²) in [5.74, 6) is 0. The van der Waals surface area contributed by atoms with Gasteiger partial charge in [-0.2, -0.15) is 55.0 Å². The van der Waals surface area contributed by atoms with Gasteiger partial charge in [0.15, 0.2) is 0 Å². The van der Waals surface area contributed by atoms with Gasteiger partial charge in [-0.3, -0.25) is 0 Å². The molecule has 0 aliphatic rings. The largest absolute Gasteiger partial charge is 2.00 e. The summed E-state index contributed by atoms with van der Waals surface area (Å²) in [5.41, 5.74) is 0.250. The average molecular weight is 1370 g/mol. The van der Waals surface area contributed by atoms with Crippen molar-refractivity contribution in [3.8, 4) is 0 Å². The minimum absolute atomic E-state index is 0. The first-order valence-corrected chi connectivity index (χ1v) is 5.83. The number of rotatable bonds is 0. The number of halogens is 3. The molecule has 0 spiro atoms. The molecule has 0 fully saturated rings. The van der Waals surface area contributed by atoms with Gasteiger partial charge < -0.3 is 6.92 Å². The van der Waals surface area contributed by atoms with E-state index >= 15 is 0 Å². The monoisotopic (exact) mass is 1370 g/mol. The van der Waals surface area contributed by atoms with Crippen LogP contribution in [0.5, 0.6) is 0 Å². The zero-order valence-corrected chi connectivity index (χ0v) is 32.3. The van der Waals surface area contributed by atoms with Gasteiger partial charge in [-0.25, -0.2) is 0 Å². The predicted octanol–water partition coefficient (Wildman–Crippen LogP) is 5.93. The van der Waals surface area contributed by atoms with Gasteiger partial charge in [0.25, 0.3) is 0 Å². The smallest absolute Gasteiger partial charge is 0.338 e. The van der Waals surface area contributed by atoms with Crippen molar-refractivity contribution >= 4 is 0 Å². The van der Waals surface area contributed by atoms with Gasteiger partial charge in [0.05, 0.1) is 0 Å². The van der Waals surface area contributed by atoms with Crippen LogP contribution >= 0.6 is 0 Å². The topological polar surface area (TPSA) is 0 Å². The fourth-order valence-electron chi connectivity index (χ4n) is 0.342. The molecule has 0 heterocycles. The Hall–Kier alpha value is 3.14. The molecule has 0 aliphatic carbocycles. The Morgan fingerprint density at radius 3 is 0.917 bits per heavy atom. The SMILES string of the molecule is CC.CC(F)(F)F.[CH2-]C(C)(C)C.[W+2].[W].[W].[W].[W].[W].[c-]1ccccc1. The van der Waals surface area contributed by atoms with E-state index in [1.165, 1.54) is 0 Å². The van der Waals surface area contributed by atoms with Crippen LogP contribution in [0.1, 0.15) is 41.5 Å². The number of hydrogen-bond donors (Lipinski definition) is 0. The fraction of sp³-hybridized carbons (Fsp3) is 0.533. The molecule has 0 aromatic heterocycles. The summed E-state index contributed by atoms with van der Waals surface area (Å²) in [6.45, 7) is 14.2. The molecule has 0 radical (unpaired) electrons. The van der Waals surface area contributed by atoms with Crippen molar-refractivity contribution in [2.45, 2.75) is 47.7 Å². The molecule has 0 aliphatic heterocycles. The minimum Gasteiger partial charge on any atom is -0.338 e. The van der Waals surface area contributed by atoms with Crippen LogP contribution in [0.2, 0.25) is 0 Å². The Labute approximate surface area is 233 Å². The summed E-state index contributed by atoms with van der Waals surface area (Å²) in [7, 11) is 0. The van der Waals surface area contributed by atoms with E-state index in [0.717, 1.165) is 0 Å². The van der Waals surface area contributed by atoms with E-state index in [0.29, 0.717) is 0 Å². The van der Waals surface area contributed by atoms with Crippen LogP contribution < -0.4 is 0 Å². The summed E-state index contributed by atoms with van der Waals surface area (Å²) in [4.78, 5) is 0. The molecule has 0 bridgehead atoms. The average Bonchev–Trinajstić information content (AvgIpc) is 2.18. The second-order valence-corrected chi connectivity index (χ2v) is 4.42. The predicted molar refractivity (Wildman–Crippen MR) is 73.2 cm³/mol. The molecule has 0 atom stereocenters. The Morgan fingerprint density at radius 2 is 0.875 bits per heavy atom. The molecule has 0 unspecified atom stereocenters. The molecule has 0 saturated heterocycles. The number of benzene rings is 1. The van der Waals surface area contributed by atoms with Crippen molar-refractivity contribution < 1.29 is 140 Å². The van der Waals surface area contributed by atoms with E-state index < -0.39 is 6.18 Å². The molecule has 0 amide bonds. The van der Waals surface area contributed by atoms with Gasteiger partial charge in [-0.15, -0.1) is 0 Å². The summed E-state index contributed by atoms with van der Waals surface area (Å²) in [5, 5.41) is 0. The first kappa shape index (κ1) is 56.4. The Bertz CT molecular complexity index is 201. The second-order valence-electron chi connectivity index (χ2n) is 4.42. The molecule has 24 heavy (non-hydrogen) atoms. The van der Waals surface area contributed by atoms with E-state index in [1.54, 1.807) is 0 Å². The van der Waals surface area contributed by atoms with Crippen molar-refractivity contribution in [2.75, 3.05) is 0 Å². The minimum atomic E-state index is -4.00.